The Balaban J connectivity index is 2.07. The van der Waals surface area contributed by atoms with Gasteiger partial charge in [-0.25, -0.2) is 0 Å². The molecule has 0 radical (unpaired) electrons. The van der Waals surface area contributed by atoms with Gasteiger partial charge in [-0.1, -0.05) is 6.07 Å². The fraction of sp³-hybridized carbons (Fsp3) is 0.385. The molecule has 0 saturated heterocycles. The maximum atomic E-state index is 9.62. The monoisotopic (exact) mass is 202 g/mol. The Labute approximate surface area is 89.9 Å². The number of aliphatic hydroxyl groups is 1. The van der Waals surface area contributed by atoms with Crippen molar-refractivity contribution in [3.8, 4) is 18.1 Å². The minimum Gasteiger partial charge on any atom is -0.493 e. The number of fused-ring (bicyclic) bond motifs is 1. The molecule has 1 aromatic rings. The molecule has 1 aliphatic carbocycles. The smallest absolute Gasteiger partial charge is 0.119 e. The van der Waals surface area contributed by atoms with Gasteiger partial charge in [0, 0.05) is 6.42 Å². The van der Waals surface area contributed by atoms with Gasteiger partial charge in [-0.15, -0.1) is 12.3 Å². The summed E-state index contributed by atoms with van der Waals surface area (Å²) in [5, 5.41) is 9.62. The van der Waals surface area contributed by atoms with E-state index in [1.165, 1.54) is 5.56 Å². The second-order valence-electron chi connectivity index (χ2n) is 3.72. The molecule has 1 atom stereocenters. The van der Waals surface area contributed by atoms with Crippen molar-refractivity contribution < 1.29 is 9.84 Å². The topological polar surface area (TPSA) is 29.5 Å². The molecule has 1 aromatic carbocycles. The van der Waals surface area contributed by atoms with Crippen LogP contribution >= 0.6 is 0 Å². The quantitative estimate of drug-likeness (QED) is 0.600. The molecule has 0 heterocycles. The maximum absolute atomic E-state index is 9.62. The summed E-state index contributed by atoms with van der Waals surface area (Å²) < 4.78 is 5.48. The van der Waals surface area contributed by atoms with Crippen LogP contribution in [0.4, 0.5) is 0 Å². The molecule has 0 aromatic heterocycles. The summed E-state index contributed by atoms with van der Waals surface area (Å²) in [7, 11) is 0. The van der Waals surface area contributed by atoms with Gasteiger partial charge in [-0.3, -0.25) is 0 Å². The van der Waals surface area contributed by atoms with E-state index in [0.29, 0.717) is 13.0 Å². The lowest BCUT2D eigenvalue weighted by molar-refractivity contribution is 0.180. The summed E-state index contributed by atoms with van der Waals surface area (Å²) >= 11 is 0. The SMILES string of the molecule is C#CCCOc1ccc2c(c1)CC[C@H]2O. The van der Waals surface area contributed by atoms with Gasteiger partial charge in [0.15, 0.2) is 0 Å². The Morgan fingerprint density at radius 1 is 1.53 bits per heavy atom. The van der Waals surface area contributed by atoms with Crippen molar-refractivity contribution in [2.24, 2.45) is 0 Å². The van der Waals surface area contributed by atoms with Gasteiger partial charge in [-0.05, 0) is 36.1 Å². The van der Waals surface area contributed by atoms with Crippen molar-refractivity contribution in [2.75, 3.05) is 6.61 Å². The van der Waals surface area contributed by atoms with Crippen LogP contribution in [0.15, 0.2) is 18.2 Å². The van der Waals surface area contributed by atoms with Crippen molar-refractivity contribution in [3.63, 3.8) is 0 Å². The molecule has 1 aliphatic rings. The first-order chi connectivity index (χ1) is 7.31. The molecule has 2 rings (SSSR count). The predicted octanol–water partition coefficient (Wildman–Crippen LogP) is 2.07. The number of aliphatic hydroxyl groups excluding tert-OH is 1. The maximum Gasteiger partial charge on any atom is 0.119 e. The van der Waals surface area contributed by atoms with Crippen molar-refractivity contribution in [1.29, 1.82) is 0 Å². The van der Waals surface area contributed by atoms with E-state index < -0.39 is 0 Å². The summed E-state index contributed by atoms with van der Waals surface area (Å²) in [6, 6.07) is 5.84. The van der Waals surface area contributed by atoms with Gasteiger partial charge in [0.2, 0.25) is 0 Å². The van der Waals surface area contributed by atoms with E-state index in [-0.39, 0.29) is 6.10 Å². The first kappa shape index (κ1) is 10.1. The van der Waals surface area contributed by atoms with E-state index in [1.807, 2.05) is 18.2 Å². The summed E-state index contributed by atoms with van der Waals surface area (Å²) in [6.07, 6.45) is 7.23. The molecule has 0 saturated carbocycles. The third kappa shape index (κ3) is 2.14. The molecule has 2 nitrogen and oxygen atoms in total. The third-order valence-electron chi connectivity index (χ3n) is 2.68. The average molecular weight is 202 g/mol. The van der Waals surface area contributed by atoms with E-state index in [9.17, 15) is 5.11 Å². The molecule has 15 heavy (non-hydrogen) atoms. The lowest BCUT2D eigenvalue weighted by Crippen LogP contribution is -1.97. The van der Waals surface area contributed by atoms with Crippen molar-refractivity contribution >= 4 is 0 Å². The second kappa shape index (κ2) is 4.37. The second-order valence-corrected chi connectivity index (χ2v) is 3.72. The summed E-state index contributed by atoms with van der Waals surface area (Å²) in [6.45, 7) is 0.553. The molecular weight excluding hydrogens is 188 g/mol. The largest absolute Gasteiger partial charge is 0.493 e. The molecular formula is C13H14O2. The number of hydrogen-bond donors (Lipinski definition) is 1. The number of aryl methyl sites for hydroxylation is 1. The van der Waals surface area contributed by atoms with Crippen LogP contribution in [-0.2, 0) is 6.42 Å². The van der Waals surface area contributed by atoms with Crippen LogP contribution in [0.5, 0.6) is 5.75 Å². The van der Waals surface area contributed by atoms with Crippen LogP contribution in [0.3, 0.4) is 0 Å². The minimum absolute atomic E-state index is 0.292. The molecule has 0 unspecified atom stereocenters. The van der Waals surface area contributed by atoms with E-state index >= 15 is 0 Å². The molecule has 2 heteroatoms. The van der Waals surface area contributed by atoms with Crippen molar-refractivity contribution in [3.05, 3.63) is 29.3 Å². The van der Waals surface area contributed by atoms with Gasteiger partial charge >= 0.3 is 0 Å². The Morgan fingerprint density at radius 2 is 2.40 bits per heavy atom. The lowest BCUT2D eigenvalue weighted by Gasteiger charge is -2.07. The average Bonchev–Trinajstić information content (AvgIpc) is 2.61. The zero-order valence-corrected chi connectivity index (χ0v) is 8.57. The van der Waals surface area contributed by atoms with Gasteiger partial charge in [-0.2, -0.15) is 0 Å². The van der Waals surface area contributed by atoms with Crippen LogP contribution in [0.1, 0.15) is 30.1 Å². The predicted molar refractivity (Wildman–Crippen MR) is 58.7 cm³/mol. The Hall–Kier alpha value is -1.46. The summed E-state index contributed by atoms with van der Waals surface area (Å²) in [5.74, 6) is 3.38. The summed E-state index contributed by atoms with van der Waals surface area (Å²) in [4.78, 5) is 0. The van der Waals surface area contributed by atoms with Gasteiger partial charge in [0.05, 0.1) is 12.7 Å². The van der Waals surface area contributed by atoms with Crippen LogP contribution in [0.25, 0.3) is 0 Å². The molecule has 0 aliphatic heterocycles. The highest BCUT2D eigenvalue weighted by Gasteiger charge is 2.20. The number of terminal acetylenes is 1. The standard InChI is InChI=1S/C13H14O2/c1-2-3-8-15-11-5-6-12-10(9-11)4-7-13(12)14/h1,5-6,9,13-14H,3-4,7-8H2/t13-/m1/s1. The van der Waals surface area contributed by atoms with Gasteiger partial charge in [0.25, 0.3) is 0 Å². The first-order valence-corrected chi connectivity index (χ1v) is 5.18. The fourth-order valence-electron chi connectivity index (χ4n) is 1.89. The first-order valence-electron chi connectivity index (χ1n) is 5.18. The Morgan fingerprint density at radius 3 is 3.20 bits per heavy atom. The number of benzene rings is 1. The van der Waals surface area contributed by atoms with E-state index in [4.69, 9.17) is 11.2 Å². The van der Waals surface area contributed by atoms with Gasteiger partial charge < -0.3 is 9.84 Å². The van der Waals surface area contributed by atoms with E-state index in [0.717, 1.165) is 24.2 Å². The fourth-order valence-corrected chi connectivity index (χ4v) is 1.89. The van der Waals surface area contributed by atoms with Crippen molar-refractivity contribution in [1.82, 2.24) is 0 Å². The molecule has 1 N–H and O–H groups in total. The van der Waals surface area contributed by atoms with Crippen LogP contribution < -0.4 is 4.74 Å². The Bertz CT molecular complexity index is 390. The van der Waals surface area contributed by atoms with Crippen molar-refractivity contribution in [2.45, 2.75) is 25.4 Å². The minimum atomic E-state index is -0.292. The van der Waals surface area contributed by atoms with Crippen LogP contribution in [-0.4, -0.2) is 11.7 Å². The zero-order chi connectivity index (χ0) is 10.7. The normalized spacial score (nSPS) is 18.3. The number of ether oxygens (including phenoxy) is 1. The third-order valence-corrected chi connectivity index (χ3v) is 2.68. The van der Waals surface area contributed by atoms with Crippen LogP contribution in [0.2, 0.25) is 0 Å². The van der Waals surface area contributed by atoms with E-state index in [2.05, 4.69) is 5.92 Å². The van der Waals surface area contributed by atoms with Gasteiger partial charge in [0.1, 0.15) is 5.75 Å². The molecule has 0 fully saturated rings. The lowest BCUT2D eigenvalue weighted by atomic mass is 10.1. The highest BCUT2D eigenvalue weighted by atomic mass is 16.5. The van der Waals surface area contributed by atoms with Crippen LogP contribution in [0, 0.1) is 12.3 Å². The molecule has 0 bridgehead atoms. The zero-order valence-electron chi connectivity index (χ0n) is 8.57. The highest BCUT2D eigenvalue weighted by Crippen LogP contribution is 2.33. The molecule has 0 spiro atoms. The molecule has 78 valence electrons. The number of rotatable bonds is 3. The highest BCUT2D eigenvalue weighted by molar-refractivity contribution is 5.39. The number of hydrogen-bond acceptors (Lipinski definition) is 2. The summed E-state index contributed by atoms with van der Waals surface area (Å²) in [5.41, 5.74) is 2.24. The molecule has 0 amide bonds. The Kier molecular flexibility index (Phi) is 2.94. The van der Waals surface area contributed by atoms with E-state index in [1.54, 1.807) is 0 Å².